The van der Waals surface area contributed by atoms with Crippen molar-refractivity contribution in [3.63, 3.8) is 0 Å². The normalized spacial score (nSPS) is 33.5. The molecule has 134 valence electrons. The Morgan fingerprint density at radius 1 is 0.913 bits per heavy atom. The van der Waals surface area contributed by atoms with Crippen molar-refractivity contribution in [2.24, 2.45) is 0 Å². The van der Waals surface area contributed by atoms with Crippen LogP contribution >= 0.6 is 0 Å². The van der Waals surface area contributed by atoms with E-state index < -0.39 is 24.3 Å². The van der Waals surface area contributed by atoms with Crippen molar-refractivity contribution in [1.29, 1.82) is 0 Å². The molecule has 5 nitrogen and oxygen atoms in total. The number of ether oxygens (including phenoxy) is 1. The quantitative estimate of drug-likeness (QED) is 0.595. The molecule has 0 aliphatic carbocycles. The van der Waals surface area contributed by atoms with Crippen LogP contribution in [-0.4, -0.2) is 45.7 Å². The molecular weight excluding hydrogens is 296 g/mol. The maximum atomic E-state index is 11.7. The van der Waals surface area contributed by atoms with Crippen LogP contribution < -0.4 is 0 Å². The van der Waals surface area contributed by atoms with E-state index in [1.165, 1.54) is 25.3 Å². The van der Waals surface area contributed by atoms with E-state index >= 15 is 0 Å². The molecule has 0 aromatic heterocycles. The summed E-state index contributed by atoms with van der Waals surface area (Å²) in [4.78, 5) is 11.7. The van der Waals surface area contributed by atoms with Gasteiger partial charge in [0, 0.05) is 6.08 Å². The summed E-state index contributed by atoms with van der Waals surface area (Å²) in [5.74, 6) is -0.528. The van der Waals surface area contributed by atoms with Crippen LogP contribution in [0.15, 0.2) is 12.2 Å². The average molecular weight is 328 g/mol. The molecule has 0 saturated carbocycles. The molecule has 0 radical (unpaired) electrons. The van der Waals surface area contributed by atoms with Gasteiger partial charge in [-0.1, -0.05) is 44.9 Å². The Labute approximate surface area is 139 Å². The van der Waals surface area contributed by atoms with Gasteiger partial charge in [0.05, 0.1) is 12.2 Å². The van der Waals surface area contributed by atoms with Gasteiger partial charge in [-0.05, 0) is 32.3 Å². The molecule has 0 aromatic carbocycles. The lowest BCUT2D eigenvalue weighted by molar-refractivity contribution is -0.142. The summed E-state index contributed by atoms with van der Waals surface area (Å²) in [6.45, 7) is 1.86. The molecule has 5 heteroatoms. The molecule has 1 aliphatic rings. The Kier molecular flexibility index (Phi) is 10.2. The van der Waals surface area contributed by atoms with Crippen molar-refractivity contribution in [1.82, 2.24) is 0 Å². The fraction of sp³-hybridized carbons (Fsp3) is 0.833. The average Bonchev–Trinajstić information content (AvgIpc) is 2.52. The zero-order valence-corrected chi connectivity index (χ0v) is 14.2. The topological polar surface area (TPSA) is 87.0 Å². The first kappa shape index (κ1) is 20.1. The standard InChI is InChI=1S/C18H32O5/c1-14-10-8-6-4-2-3-5-7-9-11-15(19)18(22)16(20)12-13-17(21)23-14/h12-16,18-20,22H,2-11H2,1H3/t14-,15+,16+,18-/m0/s1. The summed E-state index contributed by atoms with van der Waals surface area (Å²) >= 11 is 0. The van der Waals surface area contributed by atoms with E-state index in [1.807, 2.05) is 6.92 Å². The van der Waals surface area contributed by atoms with Gasteiger partial charge in [-0.15, -0.1) is 0 Å². The van der Waals surface area contributed by atoms with Crippen molar-refractivity contribution in [2.75, 3.05) is 0 Å². The highest BCUT2D eigenvalue weighted by Gasteiger charge is 2.22. The van der Waals surface area contributed by atoms with Gasteiger partial charge < -0.3 is 20.1 Å². The Morgan fingerprint density at radius 2 is 1.43 bits per heavy atom. The largest absolute Gasteiger partial charge is 0.460 e. The van der Waals surface area contributed by atoms with Crippen LogP contribution in [0.25, 0.3) is 0 Å². The predicted molar refractivity (Wildman–Crippen MR) is 88.9 cm³/mol. The van der Waals surface area contributed by atoms with Crippen molar-refractivity contribution < 1.29 is 24.9 Å². The summed E-state index contributed by atoms with van der Waals surface area (Å²) in [7, 11) is 0. The van der Waals surface area contributed by atoms with Crippen LogP contribution in [0.4, 0.5) is 0 Å². The second-order valence-electron chi connectivity index (χ2n) is 6.56. The first-order valence-corrected chi connectivity index (χ1v) is 8.93. The summed E-state index contributed by atoms with van der Waals surface area (Å²) in [5.41, 5.74) is 0. The summed E-state index contributed by atoms with van der Waals surface area (Å²) in [6, 6.07) is 0. The number of carbonyl (C=O) groups excluding carboxylic acids is 1. The van der Waals surface area contributed by atoms with Crippen LogP contribution in [0.1, 0.15) is 71.1 Å². The number of aliphatic hydroxyl groups is 3. The number of hydrogen-bond acceptors (Lipinski definition) is 5. The summed E-state index contributed by atoms with van der Waals surface area (Å²) < 4.78 is 5.23. The van der Waals surface area contributed by atoms with E-state index in [-0.39, 0.29) is 6.10 Å². The van der Waals surface area contributed by atoms with Crippen molar-refractivity contribution in [3.05, 3.63) is 12.2 Å². The number of cyclic esters (lactones) is 1. The second kappa shape index (κ2) is 11.6. The van der Waals surface area contributed by atoms with Gasteiger partial charge in [-0.25, -0.2) is 4.79 Å². The highest BCUT2D eigenvalue weighted by molar-refractivity contribution is 5.82. The number of rotatable bonds is 0. The smallest absolute Gasteiger partial charge is 0.330 e. The van der Waals surface area contributed by atoms with Gasteiger partial charge in [0.15, 0.2) is 0 Å². The third-order valence-corrected chi connectivity index (χ3v) is 4.35. The molecule has 0 amide bonds. The van der Waals surface area contributed by atoms with E-state index in [2.05, 4.69) is 0 Å². The molecule has 0 aromatic rings. The molecule has 0 fully saturated rings. The van der Waals surface area contributed by atoms with Gasteiger partial charge in [0.2, 0.25) is 0 Å². The van der Waals surface area contributed by atoms with Crippen LogP contribution in [-0.2, 0) is 9.53 Å². The van der Waals surface area contributed by atoms with E-state index in [0.717, 1.165) is 44.6 Å². The molecule has 23 heavy (non-hydrogen) atoms. The van der Waals surface area contributed by atoms with Crippen LogP contribution in [0.2, 0.25) is 0 Å². The lowest BCUT2D eigenvalue weighted by atomic mass is 10.00. The molecule has 1 heterocycles. The van der Waals surface area contributed by atoms with Gasteiger partial charge in [0.25, 0.3) is 0 Å². The zero-order valence-electron chi connectivity index (χ0n) is 14.2. The highest BCUT2D eigenvalue weighted by Crippen LogP contribution is 2.15. The third-order valence-electron chi connectivity index (χ3n) is 4.35. The zero-order chi connectivity index (χ0) is 17.1. The molecule has 4 atom stereocenters. The number of aliphatic hydroxyl groups excluding tert-OH is 3. The maximum absolute atomic E-state index is 11.7. The van der Waals surface area contributed by atoms with Gasteiger partial charge in [0.1, 0.15) is 12.2 Å². The maximum Gasteiger partial charge on any atom is 0.330 e. The first-order valence-electron chi connectivity index (χ1n) is 8.93. The molecule has 3 N–H and O–H groups in total. The summed E-state index contributed by atoms with van der Waals surface area (Å²) in [5, 5.41) is 29.6. The second-order valence-corrected chi connectivity index (χ2v) is 6.56. The van der Waals surface area contributed by atoms with E-state index in [0.29, 0.717) is 6.42 Å². The third kappa shape index (κ3) is 9.08. The lowest BCUT2D eigenvalue weighted by Crippen LogP contribution is -2.36. The van der Waals surface area contributed by atoms with Crippen LogP contribution in [0, 0.1) is 0 Å². The molecule has 0 bridgehead atoms. The molecule has 1 aliphatic heterocycles. The Morgan fingerprint density at radius 3 is 2.04 bits per heavy atom. The highest BCUT2D eigenvalue weighted by atomic mass is 16.5. The van der Waals surface area contributed by atoms with Gasteiger partial charge >= 0.3 is 5.97 Å². The molecule has 0 saturated heterocycles. The Hall–Kier alpha value is -0.910. The van der Waals surface area contributed by atoms with E-state index in [4.69, 9.17) is 4.74 Å². The number of hydrogen-bond donors (Lipinski definition) is 3. The van der Waals surface area contributed by atoms with Crippen molar-refractivity contribution >= 4 is 5.97 Å². The summed E-state index contributed by atoms with van der Waals surface area (Å²) in [6.07, 6.45) is 8.70. The predicted octanol–water partition coefficient (Wildman–Crippen LogP) is 2.47. The fourth-order valence-corrected chi connectivity index (χ4v) is 2.83. The number of esters is 1. The molecule has 1 rings (SSSR count). The van der Waals surface area contributed by atoms with Crippen LogP contribution in [0.5, 0.6) is 0 Å². The van der Waals surface area contributed by atoms with Crippen molar-refractivity contribution in [2.45, 2.75) is 95.5 Å². The molecular formula is C18H32O5. The minimum atomic E-state index is -1.28. The van der Waals surface area contributed by atoms with Crippen LogP contribution in [0.3, 0.4) is 0 Å². The number of carbonyl (C=O) groups is 1. The monoisotopic (exact) mass is 328 g/mol. The van der Waals surface area contributed by atoms with Gasteiger partial charge in [-0.3, -0.25) is 0 Å². The SMILES string of the molecule is C[C@H]1CCCCCCCCCC[C@@H](O)[C@H](O)[C@H](O)C=CC(=O)O1. The van der Waals surface area contributed by atoms with E-state index in [1.54, 1.807) is 0 Å². The molecule has 0 spiro atoms. The van der Waals surface area contributed by atoms with Gasteiger partial charge in [-0.2, -0.15) is 0 Å². The minimum absolute atomic E-state index is 0.154. The lowest BCUT2D eigenvalue weighted by Gasteiger charge is -2.21. The Balaban J connectivity index is 2.55. The molecule has 0 unspecified atom stereocenters. The fourth-order valence-electron chi connectivity index (χ4n) is 2.83. The Bertz CT molecular complexity index is 355. The van der Waals surface area contributed by atoms with E-state index in [9.17, 15) is 20.1 Å². The minimum Gasteiger partial charge on any atom is -0.460 e. The van der Waals surface area contributed by atoms with Crippen molar-refractivity contribution in [3.8, 4) is 0 Å². The first-order chi connectivity index (χ1) is 11.0.